The summed E-state index contributed by atoms with van der Waals surface area (Å²) in [4.78, 5) is 25.5. The Labute approximate surface area is 166 Å². The van der Waals surface area contributed by atoms with Crippen LogP contribution in [0.1, 0.15) is 11.3 Å². The zero-order valence-corrected chi connectivity index (χ0v) is 16.1. The van der Waals surface area contributed by atoms with Gasteiger partial charge >= 0.3 is 0 Å². The van der Waals surface area contributed by atoms with Crippen LogP contribution < -0.4 is 10.9 Å². The van der Waals surface area contributed by atoms with Gasteiger partial charge in [0, 0.05) is 12.1 Å². The standard InChI is InChI=1S/C21H17ClN4O2/c1-14-19(21(28)26(25(14)2)18-6-4-3-5-7-18)24-20(27)16(13-23)12-15-8-10-17(22)11-9-15/h3-12H,1-2H3,(H,24,27). The molecule has 3 aromatic rings. The van der Waals surface area contributed by atoms with E-state index in [1.165, 1.54) is 10.8 Å². The van der Waals surface area contributed by atoms with Gasteiger partial charge in [-0.05, 0) is 42.8 Å². The predicted molar refractivity (Wildman–Crippen MR) is 109 cm³/mol. The van der Waals surface area contributed by atoms with E-state index in [1.807, 2.05) is 24.3 Å². The Balaban J connectivity index is 1.95. The first-order valence-corrected chi connectivity index (χ1v) is 8.83. The Hall–Kier alpha value is -3.56. The van der Waals surface area contributed by atoms with Crippen LogP contribution in [0.2, 0.25) is 5.02 Å². The summed E-state index contributed by atoms with van der Waals surface area (Å²) in [6.45, 7) is 1.73. The SMILES string of the molecule is Cc1c(NC(=O)C(C#N)=Cc2ccc(Cl)cc2)c(=O)n(-c2ccccc2)n1C. The van der Waals surface area contributed by atoms with Crippen LogP contribution in [0.3, 0.4) is 0 Å². The summed E-state index contributed by atoms with van der Waals surface area (Å²) in [6, 6.07) is 17.7. The fourth-order valence-corrected chi connectivity index (χ4v) is 2.89. The first-order chi connectivity index (χ1) is 13.4. The van der Waals surface area contributed by atoms with Crippen LogP contribution >= 0.6 is 11.6 Å². The van der Waals surface area contributed by atoms with E-state index in [4.69, 9.17) is 11.6 Å². The van der Waals surface area contributed by atoms with Gasteiger partial charge in [-0.3, -0.25) is 14.3 Å². The largest absolute Gasteiger partial charge is 0.315 e. The molecule has 0 aliphatic rings. The summed E-state index contributed by atoms with van der Waals surface area (Å²) in [5.74, 6) is -0.650. The van der Waals surface area contributed by atoms with Crippen molar-refractivity contribution >= 4 is 29.3 Å². The fourth-order valence-electron chi connectivity index (χ4n) is 2.77. The number of carbonyl (C=O) groups is 1. The predicted octanol–water partition coefficient (Wildman–Crippen LogP) is 3.68. The Morgan fingerprint density at radius 1 is 1.14 bits per heavy atom. The second-order valence-corrected chi connectivity index (χ2v) is 6.55. The van der Waals surface area contributed by atoms with Crippen molar-refractivity contribution in [2.75, 3.05) is 5.32 Å². The van der Waals surface area contributed by atoms with Crippen molar-refractivity contribution in [1.82, 2.24) is 9.36 Å². The number of hydrogen-bond acceptors (Lipinski definition) is 3. The van der Waals surface area contributed by atoms with Gasteiger partial charge in [0.05, 0.1) is 11.4 Å². The highest BCUT2D eigenvalue weighted by Gasteiger charge is 2.19. The topological polar surface area (TPSA) is 79.8 Å². The van der Waals surface area contributed by atoms with E-state index in [9.17, 15) is 14.9 Å². The van der Waals surface area contributed by atoms with E-state index < -0.39 is 5.91 Å². The fraction of sp³-hybridized carbons (Fsp3) is 0.0952. The zero-order chi connectivity index (χ0) is 20.3. The summed E-state index contributed by atoms with van der Waals surface area (Å²) < 4.78 is 3.11. The average molecular weight is 393 g/mol. The minimum atomic E-state index is -0.650. The number of benzene rings is 2. The molecule has 1 amide bonds. The molecule has 3 rings (SSSR count). The van der Waals surface area contributed by atoms with Crippen LogP contribution in [-0.2, 0) is 11.8 Å². The van der Waals surface area contributed by atoms with Crippen molar-refractivity contribution in [2.45, 2.75) is 6.92 Å². The van der Waals surface area contributed by atoms with Crippen LogP contribution in [0.25, 0.3) is 11.8 Å². The highest BCUT2D eigenvalue weighted by atomic mass is 35.5. The van der Waals surface area contributed by atoms with Gasteiger partial charge in [0.2, 0.25) is 0 Å². The van der Waals surface area contributed by atoms with Crippen LogP contribution in [-0.4, -0.2) is 15.3 Å². The minimum Gasteiger partial charge on any atom is -0.315 e. The molecule has 0 spiro atoms. The summed E-state index contributed by atoms with van der Waals surface area (Å²) in [6.07, 6.45) is 1.44. The van der Waals surface area contributed by atoms with Gasteiger partial charge in [-0.15, -0.1) is 0 Å². The van der Waals surface area contributed by atoms with E-state index in [-0.39, 0.29) is 16.8 Å². The number of nitrogens with zero attached hydrogens (tertiary/aromatic N) is 3. The molecule has 0 unspecified atom stereocenters. The second kappa shape index (κ2) is 7.99. The zero-order valence-electron chi connectivity index (χ0n) is 15.3. The third kappa shape index (κ3) is 3.75. The van der Waals surface area contributed by atoms with E-state index in [0.29, 0.717) is 22.0 Å². The number of rotatable bonds is 4. The summed E-state index contributed by atoms with van der Waals surface area (Å²) in [5.41, 5.74) is 1.55. The van der Waals surface area contributed by atoms with Crippen molar-refractivity contribution in [3.8, 4) is 11.8 Å². The van der Waals surface area contributed by atoms with Crippen LogP contribution in [0, 0.1) is 18.3 Å². The van der Waals surface area contributed by atoms with Gasteiger partial charge in [0.25, 0.3) is 11.5 Å². The van der Waals surface area contributed by atoms with Crippen LogP contribution in [0.5, 0.6) is 0 Å². The second-order valence-electron chi connectivity index (χ2n) is 6.11. The lowest BCUT2D eigenvalue weighted by Gasteiger charge is -2.07. The maximum Gasteiger partial charge on any atom is 0.295 e. The molecule has 0 saturated carbocycles. The maximum atomic E-state index is 12.9. The first-order valence-electron chi connectivity index (χ1n) is 8.45. The van der Waals surface area contributed by atoms with Gasteiger partial charge in [-0.25, -0.2) is 4.68 Å². The molecule has 1 heterocycles. The molecule has 140 valence electrons. The molecular weight excluding hydrogens is 376 g/mol. The smallest absolute Gasteiger partial charge is 0.295 e. The monoisotopic (exact) mass is 392 g/mol. The lowest BCUT2D eigenvalue weighted by atomic mass is 10.1. The first kappa shape index (κ1) is 19.2. The number of amides is 1. The molecule has 0 aliphatic heterocycles. The quantitative estimate of drug-likeness (QED) is 0.543. The van der Waals surface area contributed by atoms with Crippen LogP contribution in [0.15, 0.2) is 65.0 Å². The van der Waals surface area contributed by atoms with E-state index >= 15 is 0 Å². The van der Waals surface area contributed by atoms with Crippen molar-refractivity contribution in [3.05, 3.63) is 86.8 Å². The third-order valence-electron chi connectivity index (χ3n) is 4.34. The van der Waals surface area contributed by atoms with Crippen LogP contribution in [0.4, 0.5) is 5.69 Å². The molecule has 6 nitrogen and oxygen atoms in total. The Kier molecular flexibility index (Phi) is 5.48. The lowest BCUT2D eigenvalue weighted by Crippen LogP contribution is -2.23. The number of nitrogens with one attached hydrogen (secondary N) is 1. The van der Waals surface area contributed by atoms with E-state index in [0.717, 1.165) is 0 Å². The average Bonchev–Trinajstić information content (AvgIpc) is 2.91. The van der Waals surface area contributed by atoms with Crippen molar-refractivity contribution in [2.24, 2.45) is 7.05 Å². The number of aromatic nitrogens is 2. The maximum absolute atomic E-state index is 12.9. The molecule has 0 radical (unpaired) electrons. The van der Waals surface area contributed by atoms with Gasteiger partial charge in [-0.2, -0.15) is 5.26 Å². The highest BCUT2D eigenvalue weighted by molar-refractivity contribution is 6.30. The number of nitriles is 1. The normalized spacial score (nSPS) is 11.1. The number of anilines is 1. The Morgan fingerprint density at radius 3 is 2.39 bits per heavy atom. The number of hydrogen-bond donors (Lipinski definition) is 1. The van der Waals surface area contributed by atoms with Crippen molar-refractivity contribution in [1.29, 1.82) is 5.26 Å². The molecular formula is C21H17ClN4O2. The molecule has 0 bridgehead atoms. The minimum absolute atomic E-state index is 0.115. The van der Waals surface area contributed by atoms with Gasteiger partial charge in [0.1, 0.15) is 17.3 Å². The molecule has 7 heteroatoms. The number of para-hydroxylation sites is 1. The van der Waals surface area contributed by atoms with Crippen molar-refractivity contribution < 1.29 is 4.79 Å². The summed E-state index contributed by atoms with van der Waals surface area (Å²) >= 11 is 5.85. The summed E-state index contributed by atoms with van der Waals surface area (Å²) in [7, 11) is 1.73. The molecule has 0 saturated heterocycles. The molecule has 1 N–H and O–H groups in total. The molecule has 28 heavy (non-hydrogen) atoms. The van der Waals surface area contributed by atoms with E-state index in [1.54, 1.807) is 55.1 Å². The molecule has 1 aromatic heterocycles. The molecule has 0 aliphatic carbocycles. The number of halogens is 1. The van der Waals surface area contributed by atoms with Gasteiger partial charge in [0.15, 0.2) is 0 Å². The highest BCUT2D eigenvalue weighted by Crippen LogP contribution is 2.16. The number of carbonyl (C=O) groups excluding carboxylic acids is 1. The Morgan fingerprint density at radius 2 is 1.79 bits per heavy atom. The molecule has 0 fully saturated rings. The van der Waals surface area contributed by atoms with Gasteiger partial charge < -0.3 is 5.32 Å². The van der Waals surface area contributed by atoms with Crippen molar-refractivity contribution in [3.63, 3.8) is 0 Å². The Bertz CT molecular complexity index is 1150. The third-order valence-corrected chi connectivity index (χ3v) is 4.59. The lowest BCUT2D eigenvalue weighted by molar-refractivity contribution is -0.112. The molecule has 0 atom stereocenters. The van der Waals surface area contributed by atoms with E-state index in [2.05, 4.69) is 5.32 Å². The van der Waals surface area contributed by atoms with Gasteiger partial charge in [-0.1, -0.05) is 41.9 Å². The summed E-state index contributed by atoms with van der Waals surface area (Å²) in [5, 5.41) is 12.5. The molecule has 2 aromatic carbocycles.